The fraction of sp³-hybridized carbons (Fsp3) is 0.250. The Bertz CT molecular complexity index is 1190. The topological polar surface area (TPSA) is 151 Å². The lowest BCUT2D eigenvalue weighted by atomic mass is 10.1. The van der Waals surface area contributed by atoms with Crippen molar-refractivity contribution in [3.63, 3.8) is 0 Å². The van der Waals surface area contributed by atoms with E-state index in [-0.39, 0.29) is 23.9 Å². The van der Waals surface area contributed by atoms with Crippen LogP contribution in [0.3, 0.4) is 0 Å². The number of nitrogens with one attached hydrogen (secondary N) is 1. The van der Waals surface area contributed by atoms with Crippen LogP contribution in [0.2, 0.25) is 0 Å². The van der Waals surface area contributed by atoms with Gasteiger partial charge in [-0.15, -0.1) is 0 Å². The highest BCUT2D eigenvalue weighted by Crippen LogP contribution is 2.23. The Labute approximate surface area is 177 Å². The molecule has 0 unspecified atom stereocenters. The Morgan fingerprint density at radius 1 is 1.06 bits per heavy atom. The molecule has 4 aromatic rings. The molecule has 0 aliphatic rings. The summed E-state index contributed by atoms with van der Waals surface area (Å²) in [7, 11) is 0. The van der Waals surface area contributed by atoms with E-state index < -0.39 is 0 Å². The minimum atomic E-state index is -0.307. The van der Waals surface area contributed by atoms with Crippen molar-refractivity contribution in [2.45, 2.75) is 32.9 Å². The maximum Gasteiger partial charge on any atom is 0.261 e. The van der Waals surface area contributed by atoms with Gasteiger partial charge in [0.05, 0.1) is 17.5 Å². The number of amides is 1. The summed E-state index contributed by atoms with van der Waals surface area (Å²) in [6, 6.07) is 3.64. The Morgan fingerprint density at radius 2 is 1.81 bits per heavy atom. The summed E-state index contributed by atoms with van der Waals surface area (Å²) in [4.78, 5) is 28.8. The molecule has 4 rings (SSSR count). The largest absolute Gasteiger partial charge is 0.368 e. The van der Waals surface area contributed by atoms with Gasteiger partial charge in [-0.2, -0.15) is 10.1 Å². The minimum Gasteiger partial charge on any atom is -0.368 e. The van der Waals surface area contributed by atoms with Gasteiger partial charge in [0, 0.05) is 41.5 Å². The Hall–Kier alpha value is -4.15. The van der Waals surface area contributed by atoms with Crippen molar-refractivity contribution in [1.29, 1.82) is 0 Å². The summed E-state index contributed by atoms with van der Waals surface area (Å²) in [5.41, 5.74) is 7.95. The van der Waals surface area contributed by atoms with Crippen LogP contribution in [0.5, 0.6) is 0 Å². The van der Waals surface area contributed by atoms with E-state index in [2.05, 4.69) is 35.5 Å². The van der Waals surface area contributed by atoms with E-state index in [1.165, 1.54) is 4.68 Å². The number of rotatable bonds is 5. The van der Waals surface area contributed by atoms with Crippen molar-refractivity contribution in [2.24, 2.45) is 0 Å². The number of aromatic nitrogens is 7. The van der Waals surface area contributed by atoms with Crippen LogP contribution >= 0.6 is 0 Å². The van der Waals surface area contributed by atoms with E-state index in [0.717, 1.165) is 5.56 Å². The van der Waals surface area contributed by atoms with Crippen molar-refractivity contribution in [1.82, 2.24) is 40.2 Å². The van der Waals surface area contributed by atoms with Crippen LogP contribution in [-0.2, 0) is 11.3 Å². The molecule has 0 aliphatic carbocycles. The quantitative estimate of drug-likeness (QED) is 0.494. The molecule has 0 fully saturated rings. The van der Waals surface area contributed by atoms with Crippen molar-refractivity contribution < 1.29 is 9.32 Å². The summed E-state index contributed by atoms with van der Waals surface area (Å²) < 4.78 is 6.87. The van der Waals surface area contributed by atoms with Crippen molar-refractivity contribution in [2.75, 3.05) is 5.73 Å². The number of nitrogens with two attached hydrogens (primary N) is 1. The second kappa shape index (κ2) is 7.94. The summed E-state index contributed by atoms with van der Waals surface area (Å²) >= 11 is 0. The molecule has 11 nitrogen and oxygen atoms in total. The lowest BCUT2D eigenvalue weighted by molar-refractivity contribution is -0.123. The molecule has 0 radical (unpaired) electrons. The predicted octanol–water partition coefficient (Wildman–Crippen LogP) is 1.95. The van der Waals surface area contributed by atoms with Crippen LogP contribution in [-0.4, -0.2) is 46.3 Å². The van der Waals surface area contributed by atoms with E-state index >= 15 is 0 Å². The van der Waals surface area contributed by atoms with E-state index in [0.29, 0.717) is 28.5 Å². The van der Waals surface area contributed by atoms with Gasteiger partial charge in [0.2, 0.25) is 17.7 Å². The molecule has 0 aromatic carbocycles. The molecular weight excluding hydrogens is 398 g/mol. The van der Waals surface area contributed by atoms with E-state index in [9.17, 15) is 4.79 Å². The molecule has 0 aliphatic heterocycles. The average molecular weight is 419 g/mol. The number of hydrogen-bond donors (Lipinski definition) is 2. The van der Waals surface area contributed by atoms with Crippen LogP contribution < -0.4 is 11.1 Å². The molecule has 0 bridgehead atoms. The lowest BCUT2D eigenvalue weighted by Crippen LogP contribution is -2.42. The lowest BCUT2D eigenvalue weighted by Gasteiger charge is -2.20. The standard InChI is InChI=1S/C20H21N9O2/c1-20(2,3)27-16(30)11-29-10-14(9-25-29)18-26-17(28-31-18)12-4-5-15(22-6-12)13-7-23-19(21)24-8-13/h4-10H,11H2,1-3H3,(H,27,30)(H2,21,23,24). The fourth-order valence-electron chi connectivity index (χ4n) is 2.79. The second-order valence-corrected chi connectivity index (χ2v) is 7.91. The zero-order valence-corrected chi connectivity index (χ0v) is 17.3. The van der Waals surface area contributed by atoms with Gasteiger partial charge < -0.3 is 15.6 Å². The van der Waals surface area contributed by atoms with Crippen LogP contribution in [0.1, 0.15) is 20.8 Å². The zero-order chi connectivity index (χ0) is 22.0. The van der Waals surface area contributed by atoms with Crippen LogP contribution in [0.4, 0.5) is 5.95 Å². The molecule has 0 saturated heterocycles. The molecule has 0 spiro atoms. The average Bonchev–Trinajstić information content (AvgIpc) is 3.37. The Morgan fingerprint density at radius 3 is 2.48 bits per heavy atom. The van der Waals surface area contributed by atoms with E-state index in [1.54, 1.807) is 31.0 Å². The van der Waals surface area contributed by atoms with Gasteiger partial charge in [-0.25, -0.2) is 9.97 Å². The first-order valence-electron chi connectivity index (χ1n) is 9.49. The van der Waals surface area contributed by atoms with Gasteiger partial charge >= 0.3 is 0 Å². The summed E-state index contributed by atoms with van der Waals surface area (Å²) in [5.74, 6) is 0.762. The first-order chi connectivity index (χ1) is 14.8. The highest BCUT2D eigenvalue weighted by Gasteiger charge is 2.16. The summed E-state index contributed by atoms with van der Waals surface area (Å²) in [6.07, 6.45) is 8.11. The number of carbonyl (C=O) groups excluding carboxylic acids is 1. The number of carbonyl (C=O) groups is 1. The normalized spacial score (nSPS) is 11.5. The Kier molecular flexibility index (Phi) is 5.15. The Balaban J connectivity index is 1.47. The SMILES string of the molecule is CC(C)(C)NC(=O)Cn1cc(-c2nc(-c3ccc(-c4cnc(N)nc4)nc3)no2)cn1. The first kappa shape index (κ1) is 20.1. The molecule has 3 N–H and O–H groups in total. The number of nitrogen functional groups attached to an aromatic ring is 1. The number of pyridine rings is 1. The monoisotopic (exact) mass is 419 g/mol. The number of anilines is 1. The predicted molar refractivity (Wildman–Crippen MR) is 112 cm³/mol. The molecule has 0 saturated carbocycles. The van der Waals surface area contributed by atoms with Gasteiger partial charge in [-0.3, -0.25) is 14.5 Å². The van der Waals surface area contributed by atoms with Gasteiger partial charge in [0.1, 0.15) is 6.54 Å². The summed E-state index contributed by atoms with van der Waals surface area (Å²) in [6.45, 7) is 5.86. The molecule has 1 amide bonds. The second-order valence-electron chi connectivity index (χ2n) is 7.91. The maximum absolute atomic E-state index is 12.1. The van der Waals surface area contributed by atoms with Crippen molar-refractivity contribution in [3.8, 4) is 34.1 Å². The van der Waals surface area contributed by atoms with Crippen LogP contribution in [0.25, 0.3) is 34.1 Å². The number of hydrogen-bond acceptors (Lipinski definition) is 9. The van der Waals surface area contributed by atoms with Gasteiger partial charge in [0.15, 0.2) is 0 Å². The van der Waals surface area contributed by atoms with E-state index in [4.69, 9.17) is 10.3 Å². The number of nitrogens with zero attached hydrogens (tertiary/aromatic N) is 7. The smallest absolute Gasteiger partial charge is 0.261 e. The molecule has 11 heteroatoms. The first-order valence-corrected chi connectivity index (χ1v) is 9.49. The van der Waals surface area contributed by atoms with Crippen LogP contribution in [0, 0.1) is 0 Å². The third-order valence-electron chi connectivity index (χ3n) is 4.12. The molecule has 4 heterocycles. The molecular formula is C20H21N9O2. The molecule has 4 aromatic heterocycles. The van der Waals surface area contributed by atoms with Gasteiger partial charge in [0.25, 0.3) is 5.89 Å². The fourth-order valence-corrected chi connectivity index (χ4v) is 2.79. The molecule has 0 atom stereocenters. The highest BCUT2D eigenvalue weighted by atomic mass is 16.5. The maximum atomic E-state index is 12.1. The molecule has 158 valence electrons. The third kappa shape index (κ3) is 4.89. The minimum absolute atomic E-state index is 0.0957. The highest BCUT2D eigenvalue weighted by molar-refractivity contribution is 5.76. The summed E-state index contributed by atoms with van der Waals surface area (Å²) in [5, 5.41) is 11.1. The van der Waals surface area contributed by atoms with Gasteiger partial charge in [-0.05, 0) is 32.9 Å². The van der Waals surface area contributed by atoms with E-state index in [1.807, 2.05) is 32.9 Å². The van der Waals surface area contributed by atoms with Gasteiger partial charge in [-0.1, -0.05) is 5.16 Å². The third-order valence-corrected chi connectivity index (χ3v) is 4.12. The zero-order valence-electron chi connectivity index (χ0n) is 17.3. The van der Waals surface area contributed by atoms with Crippen molar-refractivity contribution >= 4 is 11.9 Å². The van der Waals surface area contributed by atoms with Crippen LogP contribution in [0.15, 0.2) is 47.6 Å². The molecule has 31 heavy (non-hydrogen) atoms. The van der Waals surface area contributed by atoms with Crippen molar-refractivity contribution in [3.05, 3.63) is 43.1 Å².